The number of hydrogen-bond donors (Lipinski definition) is 0. The lowest BCUT2D eigenvalue weighted by Gasteiger charge is -2.35. The minimum atomic E-state index is -0.395. The van der Waals surface area contributed by atoms with E-state index in [0.717, 1.165) is 15.8 Å². The number of ether oxygens (including phenoxy) is 2. The molecule has 19 heavy (non-hydrogen) atoms. The molecule has 1 aromatic carbocycles. The molecule has 1 aromatic rings. The Morgan fingerprint density at radius 1 is 1.42 bits per heavy atom. The quantitative estimate of drug-likeness (QED) is 0.827. The highest BCUT2D eigenvalue weighted by molar-refractivity contribution is 9.10. The number of carbonyl (C=O) groups is 1. The standard InChI is InChI=1S/C15H19BrO3/c1-4-18-15-12(17)8-14(15)19-13-6-5-10(16)7-11(13)9(2)3/h5-7,9,14-15H,4,8H2,1-3H3. The van der Waals surface area contributed by atoms with Crippen molar-refractivity contribution in [3.8, 4) is 5.75 Å². The smallest absolute Gasteiger partial charge is 0.169 e. The Kier molecular flexibility index (Phi) is 4.63. The second kappa shape index (κ2) is 6.06. The second-order valence-corrected chi connectivity index (χ2v) is 5.96. The molecule has 0 N–H and O–H groups in total. The van der Waals surface area contributed by atoms with Crippen LogP contribution in [0.2, 0.25) is 0 Å². The predicted octanol–water partition coefficient (Wildman–Crippen LogP) is 3.70. The van der Waals surface area contributed by atoms with E-state index < -0.39 is 6.10 Å². The maximum Gasteiger partial charge on any atom is 0.169 e. The van der Waals surface area contributed by atoms with Crippen molar-refractivity contribution in [3.05, 3.63) is 28.2 Å². The van der Waals surface area contributed by atoms with E-state index in [0.29, 0.717) is 18.9 Å². The van der Waals surface area contributed by atoms with E-state index in [9.17, 15) is 4.79 Å². The van der Waals surface area contributed by atoms with Crippen molar-refractivity contribution >= 4 is 21.7 Å². The molecular formula is C15H19BrO3. The molecule has 0 spiro atoms. The maximum absolute atomic E-state index is 11.5. The molecule has 2 atom stereocenters. The van der Waals surface area contributed by atoms with Gasteiger partial charge < -0.3 is 9.47 Å². The normalized spacial score (nSPS) is 22.5. The topological polar surface area (TPSA) is 35.5 Å². The molecule has 1 fully saturated rings. The fraction of sp³-hybridized carbons (Fsp3) is 0.533. The zero-order chi connectivity index (χ0) is 14.0. The summed E-state index contributed by atoms with van der Waals surface area (Å²) in [6, 6.07) is 5.97. The molecule has 1 aliphatic rings. The fourth-order valence-electron chi connectivity index (χ4n) is 2.19. The zero-order valence-corrected chi connectivity index (χ0v) is 13.1. The van der Waals surface area contributed by atoms with Crippen LogP contribution >= 0.6 is 15.9 Å². The number of halogens is 1. The van der Waals surface area contributed by atoms with E-state index in [4.69, 9.17) is 9.47 Å². The van der Waals surface area contributed by atoms with Gasteiger partial charge in [-0.3, -0.25) is 4.79 Å². The SMILES string of the molecule is CCOC1C(=O)CC1Oc1ccc(Br)cc1C(C)C. The molecule has 0 aromatic heterocycles. The van der Waals surface area contributed by atoms with Crippen molar-refractivity contribution in [1.29, 1.82) is 0 Å². The Labute approximate surface area is 122 Å². The molecule has 1 aliphatic carbocycles. The van der Waals surface area contributed by atoms with E-state index in [1.54, 1.807) is 0 Å². The lowest BCUT2D eigenvalue weighted by atomic mass is 9.89. The van der Waals surface area contributed by atoms with Crippen molar-refractivity contribution < 1.29 is 14.3 Å². The summed E-state index contributed by atoms with van der Waals surface area (Å²) >= 11 is 3.47. The highest BCUT2D eigenvalue weighted by Gasteiger charge is 2.42. The van der Waals surface area contributed by atoms with Gasteiger partial charge in [0, 0.05) is 17.5 Å². The summed E-state index contributed by atoms with van der Waals surface area (Å²) in [6.45, 7) is 6.68. The Hall–Kier alpha value is -0.870. The van der Waals surface area contributed by atoms with Gasteiger partial charge in [-0.1, -0.05) is 29.8 Å². The number of rotatable bonds is 5. The van der Waals surface area contributed by atoms with Gasteiger partial charge in [-0.2, -0.15) is 0 Å². The summed E-state index contributed by atoms with van der Waals surface area (Å²) in [6.07, 6.45) is -0.0991. The molecule has 0 aliphatic heterocycles. The van der Waals surface area contributed by atoms with Crippen LogP contribution in [0.4, 0.5) is 0 Å². The lowest BCUT2D eigenvalue weighted by Crippen LogP contribution is -2.52. The molecule has 0 amide bonds. The van der Waals surface area contributed by atoms with Crippen LogP contribution in [0.3, 0.4) is 0 Å². The van der Waals surface area contributed by atoms with Crippen LogP contribution in [-0.2, 0) is 9.53 Å². The van der Waals surface area contributed by atoms with Gasteiger partial charge in [0.2, 0.25) is 0 Å². The summed E-state index contributed by atoms with van der Waals surface area (Å²) in [7, 11) is 0. The number of Topliss-reactive ketones (excluding diaryl/α,β-unsaturated/α-hetero) is 1. The number of ketones is 1. The summed E-state index contributed by atoms with van der Waals surface area (Å²) in [5.41, 5.74) is 1.14. The third kappa shape index (κ3) is 3.18. The first-order valence-corrected chi connectivity index (χ1v) is 7.42. The molecule has 1 saturated carbocycles. The van der Waals surface area contributed by atoms with Crippen LogP contribution in [0.5, 0.6) is 5.75 Å². The van der Waals surface area contributed by atoms with Crippen molar-refractivity contribution in [2.75, 3.05) is 6.61 Å². The average molecular weight is 327 g/mol. The minimum Gasteiger partial charge on any atom is -0.486 e. The fourth-order valence-corrected chi connectivity index (χ4v) is 2.57. The molecular weight excluding hydrogens is 308 g/mol. The van der Waals surface area contributed by atoms with Gasteiger partial charge in [0.05, 0.1) is 0 Å². The van der Waals surface area contributed by atoms with E-state index in [1.807, 2.05) is 19.1 Å². The first-order chi connectivity index (χ1) is 9.02. The minimum absolute atomic E-state index is 0.134. The van der Waals surface area contributed by atoms with Crippen LogP contribution < -0.4 is 4.74 Å². The molecule has 0 radical (unpaired) electrons. The molecule has 2 unspecified atom stereocenters. The van der Waals surface area contributed by atoms with Gasteiger partial charge in [0.15, 0.2) is 11.9 Å². The van der Waals surface area contributed by atoms with E-state index >= 15 is 0 Å². The summed E-state index contributed by atoms with van der Waals surface area (Å²) in [4.78, 5) is 11.5. The first-order valence-electron chi connectivity index (χ1n) is 6.63. The first kappa shape index (κ1) is 14.5. The van der Waals surface area contributed by atoms with Gasteiger partial charge >= 0.3 is 0 Å². The molecule has 0 saturated heterocycles. The Balaban J connectivity index is 2.13. The zero-order valence-electron chi connectivity index (χ0n) is 11.5. The van der Waals surface area contributed by atoms with E-state index in [-0.39, 0.29) is 11.9 Å². The van der Waals surface area contributed by atoms with E-state index in [2.05, 4.69) is 35.8 Å². The monoisotopic (exact) mass is 326 g/mol. The van der Waals surface area contributed by atoms with Crippen LogP contribution in [0, 0.1) is 0 Å². The number of carbonyl (C=O) groups excluding carboxylic acids is 1. The van der Waals surface area contributed by atoms with Gasteiger partial charge in [-0.15, -0.1) is 0 Å². The predicted molar refractivity (Wildman–Crippen MR) is 77.7 cm³/mol. The molecule has 4 heteroatoms. The highest BCUT2D eigenvalue weighted by Crippen LogP contribution is 2.33. The number of hydrogen-bond acceptors (Lipinski definition) is 3. The molecule has 104 valence electrons. The van der Waals surface area contributed by atoms with Gasteiger partial charge in [0.1, 0.15) is 11.9 Å². The maximum atomic E-state index is 11.5. The average Bonchev–Trinajstić information content (AvgIpc) is 2.37. The second-order valence-electron chi connectivity index (χ2n) is 5.04. The molecule has 3 nitrogen and oxygen atoms in total. The van der Waals surface area contributed by atoms with Crippen LogP contribution in [0.1, 0.15) is 38.7 Å². The van der Waals surface area contributed by atoms with Crippen molar-refractivity contribution in [2.45, 2.75) is 45.3 Å². The number of benzene rings is 1. The Morgan fingerprint density at radius 2 is 2.16 bits per heavy atom. The third-order valence-electron chi connectivity index (χ3n) is 3.28. The largest absolute Gasteiger partial charge is 0.486 e. The van der Waals surface area contributed by atoms with Crippen LogP contribution in [0.15, 0.2) is 22.7 Å². The van der Waals surface area contributed by atoms with E-state index in [1.165, 1.54) is 0 Å². The molecule has 2 rings (SSSR count). The molecule has 0 heterocycles. The van der Waals surface area contributed by atoms with Gasteiger partial charge in [0.25, 0.3) is 0 Å². The van der Waals surface area contributed by atoms with Gasteiger partial charge in [-0.05, 0) is 36.6 Å². The third-order valence-corrected chi connectivity index (χ3v) is 3.77. The highest BCUT2D eigenvalue weighted by atomic mass is 79.9. The summed E-state index contributed by atoms with van der Waals surface area (Å²) < 4.78 is 12.4. The summed E-state index contributed by atoms with van der Waals surface area (Å²) in [5, 5.41) is 0. The van der Waals surface area contributed by atoms with Crippen molar-refractivity contribution in [3.63, 3.8) is 0 Å². The Bertz CT molecular complexity index is 470. The van der Waals surface area contributed by atoms with Crippen molar-refractivity contribution in [1.82, 2.24) is 0 Å². The Morgan fingerprint density at radius 3 is 2.74 bits per heavy atom. The lowest BCUT2D eigenvalue weighted by molar-refractivity contribution is -0.154. The van der Waals surface area contributed by atoms with Crippen LogP contribution in [-0.4, -0.2) is 24.6 Å². The molecule has 0 bridgehead atoms. The summed E-state index contributed by atoms with van der Waals surface area (Å²) in [5.74, 6) is 1.35. The van der Waals surface area contributed by atoms with Crippen LogP contribution in [0.25, 0.3) is 0 Å². The van der Waals surface area contributed by atoms with Crippen molar-refractivity contribution in [2.24, 2.45) is 0 Å². The van der Waals surface area contributed by atoms with Gasteiger partial charge in [-0.25, -0.2) is 0 Å².